The van der Waals surface area contributed by atoms with Gasteiger partial charge in [-0.15, -0.1) is 0 Å². The second-order valence-corrected chi connectivity index (χ2v) is 8.66. The van der Waals surface area contributed by atoms with Crippen LogP contribution in [0.1, 0.15) is 28.0 Å². The lowest BCUT2D eigenvalue weighted by Gasteiger charge is -2.09. The Kier molecular flexibility index (Phi) is 5.83. The predicted octanol–water partition coefficient (Wildman–Crippen LogP) is 6.12. The number of nitrogens with one attached hydrogen (secondary N) is 1. The monoisotopic (exact) mass is 512 g/mol. The second kappa shape index (κ2) is 9.47. The van der Waals surface area contributed by atoms with Gasteiger partial charge in [-0.05, 0) is 46.7 Å². The van der Waals surface area contributed by atoms with Gasteiger partial charge in [-0.3, -0.25) is 9.48 Å². The van der Waals surface area contributed by atoms with E-state index in [-0.39, 0.29) is 16.9 Å². The van der Waals surface area contributed by atoms with E-state index in [9.17, 15) is 18.0 Å². The molecule has 0 aliphatic carbocycles. The number of alkyl halides is 2. The van der Waals surface area contributed by atoms with Gasteiger partial charge in [0.15, 0.2) is 11.5 Å². The van der Waals surface area contributed by atoms with E-state index in [1.54, 1.807) is 16.9 Å². The molecule has 10 heteroatoms. The van der Waals surface area contributed by atoms with E-state index in [4.69, 9.17) is 0 Å². The zero-order chi connectivity index (χ0) is 26.2. The Morgan fingerprint density at radius 1 is 0.974 bits per heavy atom. The smallest absolute Gasteiger partial charge is 0.280 e. The third kappa shape index (κ3) is 4.36. The standard InChI is InChI=1S/C28H19F3N6O/c29-20-10-8-18(9-11-20)23-14-24(26(30)31)37-27(33-23)22(15-32-37)28(38)34-25-12-13-36(35-25)16-19-6-3-5-17-4-1-2-7-21(17)19/h1-15,26H,16H2,(H,34,35,38). The number of aromatic nitrogens is 5. The van der Waals surface area contributed by atoms with Crippen molar-refractivity contribution in [3.05, 3.63) is 114 Å². The molecule has 1 amide bonds. The highest BCUT2D eigenvalue weighted by molar-refractivity contribution is 6.07. The van der Waals surface area contributed by atoms with Gasteiger partial charge in [0.2, 0.25) is 0 Å². The Hall–Kier alpha value is -4.99. The molecule has 38 heavy (non-hydrogen) atoms. The number of fused-ring (bicyclic) bond motifs is 2. The number of halogens is 3. The molecule has 7 nitrogen and oxygen atoms in total. The Balaban J connectivity index is 1.29. The summed E-state index contributed by atoms with van der Waals surface area (Å²) >= 11 is 0. The molecule has 0 fully saturated rings. The van der Waals surface area contributed by atoms with Crippen LogP contribution in [0.15, 0.2) is 91.3 Å². The molecule has 0 unspecified atom stereocenters. The Morgan fingerprint density at radius 2 is 1.76 bits per heavy atom. The number of benzene rings is 3. The third-order valence-corrected chi connectivity index (χ3v) is 6.20. The lowest BCUT2D eigenvalue weighted by Crippen LogP contribution is -2.13. The number of amides is 1. The molecule has 0 atom stereocenters. The predicted molar refractivity (Wildman–Crippen MR) is 137 cm³/mol. The number of carbonyl (C=O) groups excluding carboxylic acids is 1. The summed E-state index contributed by atoms with van der Waals surface area (Å²) in [5.74, 6) is -0.772. The van der Waals surface area contributed by atoms with E-state index in [1.165, 1.54) is 36.5 Å². The minimum Gasteiger partial charge on any atom is -0.305 e. The lowest BCUT2D eigenvalue weighted by molar-refractivity contribution is 0.102. The van der Waals surface area contributed by atoms with Gasteiger partial charge >= 0.3 is 0 Å². The first kappa shape index (κ1) is 23.4. The Labute approximate surface area is 214 Å². The maximum Gasteiger partial charge on any atom is 0.280 e. The first-order valence-corrected chi connectivity index (χ1v) is 11.7. The molecule has 6 aromatic rings. The van der Waals surface area contributed by atoms with Gasteiger partial charge in [0, 0.05) is 17.8 Å². The van der Waals surface area contributed by atoms with Crippen LogP contribution in [-0.4, -0.2) is 30.3 Å². The van der Waals surface area contributed by atoms with Crippen molar-refractivity contribution in [2.75, 3.05) is 5.32 Å². The minimum absolute atomic E-state index is 0.000495. The van der Waals surface area contributed by atoms with Crippen LogP contribution in [0.4, 0.5) is 19.0 Å². The fourth-order valence-electron chi connectivity index (χ4n) is 4.38. The summed E-state index contributed by atoms with van der Waals surface area (Å²) in [5, 5.41) is 13.3. The average molecular weight is 512 g/mol. The van der Waals surface area contributed by atoms with Crippen LogP contribution in [0.3, 0.4) is 0 Å². The molecular weight excluding hydrogens is 493 g/mol. The molecule has 3 aromatic heterocycles. The molecule has 3 aromatic carbocycles. The van der Waals surface area contributed by atoms with Gasteiger partial charge in [-0.2, -0.15) is 10.2 Å². The van der Waals surface area contributed by atoms with Crippen molar-refractivity contribution in [3.63, 3.8) is 0 Å². The normalized spacial score (nSPS) is 11.5. The molecule has 0 saturated heterocycles. The van der Waals surface area contributed by atoms with Gasteiger partial charge in [0.25, 0.3) is 12.3 Å². The van der Waals surface area contributed by atoms with E-state index < -0.39 is 23.8 Å². The molecule has 0 aliphatic rings. The average Bonchev–Trinajstić information content (AvgIpc) is 3.55. The van der Waals surface area contributed by atoms with Gasteiger partial charge in [0.1, 0.15) is 17.1 Å². The SMILES string of the molecule is O=C(Nc1ccn(Cc2cccc3ccccc23)n1)c1cnn2c(C(F)F)cc(-c3ccc(F)cc3)nc12. The van der Waals surface area contributed by atoms with Gasteiger partial charge < -0.3 is 5.32 Å². The molecule has 1 N–H and O–H groups in total. The van der Waals surface area contributed by atoms with Gasteiger partial charge in [0.05, 0.1) is 18.4 Å². The van der Waals surface area contributed by atoms with Crippen LogP contribution in [0.2, 0.25) is 0 Å². The van der Waals surface area contributed by atoms with Crippen molar-refractivity contribution in [3.8, 4) is 11.3 Å². The molecule has 0 spiro atoms. The van der Waals surface area contributed by atoms with Gasteiger partial charge in [-0.25, -0.2) is 22.7 Å². The number of hydrogen-bond donors (Lipinski definition) is 1. The lowest BCUT2D eigenvalue weighted by atomic mass is 10.0. The van der Waals surface area contributed by atoms with E-state index in [0.717, 1.165) is 20.9 Å². The van der Waals surface area contributed by atoms with Crippen LogP contribution in [0, 0.1) is 5.82 Å². The third-order valence-electron chi connectivity index (χ3n) is 6.20. The van der Waals surface area contributed by atoms with Crippen molar-refractivity contribution in [2.45, 2.75) is 13.0 Å². The molecule has 0 saturated carbocycles. The number of hydrogen-bond acceptors (Lipinski definition) is 4. The maximum absolute atomic E-state index is 13.8. The van der Waals surface area contributed by atoms with Crippen molar-refractivity contribution in [1.29, 1.82) is 0 Å². The van der Waals surface area contributed by atoms with Crippen LogP contribution in [0.25, 0.3) is 27.7 Å². The highest BCUT2D eigenvalue weighted by Gasteiger charge is 2.22. The van der Waals surface area contributed by atoms with Crippen LogP contribution < -0.4 is 5.32 Å². The zero-order valence-corrected chi connectivity index (χ0v) is 19.7. The molecular formula is C28H19F3N6O. The summed E-state index contributed by atoms with van der Waals surface area (Å²) in [4.78, 5) is 17.5. The zero-order valence-electron chi connectivity index (χ0n) is 19.7. The summed E-state index contributed by atoms with van der Waals surface area (Å²) in [6.07, 6.45) is 0.0542. The molecule has 0 radical (unpaired) electrons. The fraction of sp³-hybridized carbons (Fsp3) is 0.0714. The summed E-state index contributed by atoms with van der Waals surface area (Å²) in [7, 11) is 0. The first-order valence-electron chi connectivity index (χ1n) is 11.7. The Bertz CT molecular complexity index is 1790. The first-order chi connectivity index (χ1) is 18.5. The van der Waals surface area contributed by atoms with Gasteiger partial charge in [-0.1, -0.05) is 42.5 Å². The number of nitrogens with zero attached hydrogens (tertiary/aromatic N) is 5. The van der Waals surface area contributed by atoms with Crippen molar-refractivity contribution in [1.82, 2.24) is 24.4 Å². The summed E-state index contributed by atoms with van der Waals surface area (Å²) in [6.45, 7) is 0.494. The van der Waals surface area contributed by atoms with Crippen molar-refractivity contribution in [2.24, 2.45) is 0 Å². The quantitative estimate of drug-likeness (QED) is 0.292. The molecule has 188 valence electrons. The highest BCUT2D eigenvalue weighted by Crippen LogP contribution is 2.27. The highest BCUT2D eigenvalue weighted by atomic mass is 19.3. The van der Waals surface area contributed by atoms with Crippen LogP contribution in [-0.2, 0) is 6.54 Å². The topological polar surface area (TPSA) is 77.1 Å². The molecule has 0 aliphatic heterocycles. The largest absolute Gasteiger partial charge is 0.305 e. The Morgan fingerprint density at radius 3 is 2.58 bits per heavy atom. The fourth-order valence-corrected chi connectivity index (χ4v) is 4.38. The number of carbonyl (C=O) groups is 1. The molecule has 0 bridgehead atoms. The van der Waals surface area contributed by atoms with E-state index in [0.29, 0.717) is 17.9 Å². The summed E-state index contributed by atoms with van der Waals surface area (Å²) < 4.78 is 43.7. The summed E-state index contributed by atoms with van der Waals surface area (Å²) in [5.41, 5.74) is 1.18. The number of anilines is 1. The van der Waals surface area contributed by atoms with Crippen LogP contribution in [0.5, 0.6) is 0 Å². The number of rotatable bonds is 6. The maximum atomic E-state index is 13.8. The molecule has 6 rings (SSSR count). The molecule has 3 heterocycles. The van der Waals surface area contributed by atoms with E-state index >= 15 is 0 Å². The van der Waals surface area contributed by atoms with E-state index in [2.05, 4.69) is 20.5 Å². The van der Waals surface area contributed by atoms with Crippen LogP contribution >= 0.6 is 0 Å². The van der Waals surface area contributed by atoms with Crippen molar-refractivity contribution < 1.29 is 18.0 Å². The summed E-state index contributed by atoms with van der Waals surface area (Å²) in [6, 6.07) is 22.2. The van der Waals surface area contributed by atoms with Crippen molar-refractivity contribution >= 4 is 28.1 Å². The second-order valence-electron chi connectivity index (χ2n) is 8.66. The van der Waals surface area contributed by atoms with E-state index in [1.807, 2.05) is 42.5 Å². The minimum atomic E-state index is -2.87.